The Morgan fingerprint density at radius 3 is 2.17 bits per heavy atom. The summed E-state index contributed by atoms with van der Waals surface area (Å²) in [5.74, 6) is -0.278. The molecule has 0 aliphatic carbocycles. The molecule has 130 valence electrons. The van der Waals surface area contributed by atoms with Gasteiger partial charge in [0.1, 0.15) is 0 Å². The highest BCUT2D eigenvalue weighted by Gasteiger charge is 2.06. The van der Waals surface area contributed by atoms with Gasteiger partial charge in [0, 0.05) is 0 Å². The lowest BCUT2D eigenvalue weighted by Gasteiger charge is -2.06. The number of hydrogen-bond donors (Lipinski definition) is 0. The van der Waals surface area contributed by atoms with Crippen LogP contribution in [0.15, 0.2) is 36.4 Å². The summed E-state index contributed by atoms with van der Waals surface area (Å²) in [6, 6.07) is 12.3. The Balaban J connectivity index is 1.80. The third-order valence-corrected chi connectivity index (χ3v) is 4.64. The zero-order valence-electron chi connectivity index (χ0n) is 15.1. The lowest BCUT2D eigenvalue weighted by Crippen LogP contribution is -2.00. The highest BCUT2D eigenvalue weighted by Crippen LogP contribution is 2.20. The number of aryl methyl sites for hydroxylation is 1. The van der Waals surface area contributed by atoms with Gasteiger partial charge >= 0.3 is 5.97 Å². The van der Waals surface area contributed by atoms with Gasteiger partial charge in [0.2, 0.25) is 0 Å². The molecule has 0 aliphatic rings. The van der Waals surface area contributed by atoms with Crippen LogP contribution >= 0.6 is 0 Å². The largest absolute Gasteiger partial charge is 0.465 e. The van der Waals surface area contributed by atoms with Gasteiger partial charge in [-0.2, -0.15) is 0 Å². The fraction of sp³-hybridized carbons (Fsp3) is 0.500. The molecule has 0 fully saturated rings. The lowest BCUT2D eigenvalue weighted by molar-refractivity contribution is 0.0601. The molecule has 2 aromatic rings. The molecule has 0 saturated carbocycles. The highest BCUT2D eigenvalue weighted by molar-refractivity contribution is 5.95. The second-order valence-corrected chi connectivity index (χ2v) is 6.61. The summed E-state index contributed by atoms with van der Waals surface area (Å²) in [7, 11) is 1.42. The molecule has 0 atom stereocenters. The van der Waals surface area contributed by atoms with Crippen molar-refractivity contribution in [1.29, 1.82) is 0 Å². The second-order valence-electron chi connectivity index (χ2n) is 6.61. The van der Waals surface area contributed by atoms with Crippen LogP contribution in [0.2, 0.25) is 0 Å². The number of methoxy groups -OCH3 is 1. The van der Waals surface area contributed by atoms with Crippen LogP contribution in [0.5, 0.6) is 0 Å². The van der Waals surface area contributed by atoms with Crippen LogP contribution in [0.25, 0.3) is 10.8 Å². The number of carbonyl (C=O) groups is 1. The standard InChI is InChI=1S/C22H30O2/c1-3-4-5-6-7-8-9-10-11-18-12-13-20-17-21(22(23)24-2)15-14-19(20)16-18/h12-17H,3-11H2,1-2H3. The number of ether oxygens (including phenoxy) is 1. The van der Waals surface area contributed by atoms with Crippen molar-refractivity contribution in [1.82, 2.24) is 0 Å². The maximum absolute atomic E-state index is 11.6. The second kappa shape index (κ2) is 10.1. The summed E-state index contributed by atoms with van der Waals surface area (Å²) in [4.78, 5) is 11.6. The third-order valence-electron chi connectivity index (χ3n) is 4.64. The third kappa shape index (κ3) is 5.67. The summed E-state index contributed by atoms with van der Waals surface area (Å²) < 4.78 is 4.78. The van der Waals surface area contributed by atoms with Gasteiger partial charge < -0.3 is 4.74 Å². The number of unbranched alkanes of at least 4 members (excludes halogenated alkanes) is 7. The van der Waals surface area contributed by atoms with Gasteiger partial charge in [-0.15, -0.1) is 0 Å². The molecule has 0 radical (unpaired) electrons. The van der Waals surface area contributed by atoms with Crippen LogP contribution in [-0.4, -0.2) is 13.1 Å². The highest BCUT2D eigenvalue weighted by atomic mass is 16.5. The van der Waals surface area contributed by atoms with Crippen LogP contribution in [0, 0.1) is 0 Å². The molecule has 2 nitrogen and oxygen atoms in total. The van der Waals surface area contributed by atoms with Crippen molar-refractivity contribution in [3.8, 4) is 0 Å². The maximum Gasteiger partial charge on any atom is 0.337 e. The first-order chi connectivity index (χ1) is 11.7. The van der Waals surface area contributed by atoms with E-state index < -0.39 is 0 Å². The molecule has 0 bridgehead atoms. The summed E-state index contributed by atoms with van der Waals surface area (Å²) in [5.41, 5.74) is 2.00. The summed E-state index contributed by atoms with van der Waals surface area (Å²) in [6.07, 6.45) is 12.0. The molecule has 2 heteroatoms. The van der Waals surface area contributed by atoms with Crippen LogP contribution in [0.4, 0.5) is 0 Å². The molecule has 0 N–H and O–H groups in total. The zero-order chi connectivity index (χ0) is 17.2. The molecular weight excluding hydrogens is 296 g/mol. The van der Waals surface area contributed by atoms with E-state index in [0.29, 0.717) is 5.56 Å². The first-order valence-electron chi connectivity index (χ1n) is 9.35. The van der Waals surface area contributed by atoms with Crippen LogP contribution < -0.4 is 0 Å². The van der Waals surface area contributed by atoms with Crippen LogP contribution in [-0.2, 0) is 11.2 Å². The van der Waals surface area contributed by atoms with E-state index in [2.05, 4.69) is 25.1 Å². The average molecular weight is 326 g/mol. The van der Waals surface area contributed by atoms with E-state index in [1.165, 1.54) is 69.4 Å². The predicted octanol–water partition coefficient (Wildman–Crippen LogP) is 6.31. The summed E-state index contributed by atoms with van der Waals surface area (Å²) >= 11 is 0. The fourth-order valence-electron chi connectivity index (χ4n) is 3.16. The minimum Gasteiger partial charge on any atom is -0.465 e. The molecule has 2 aromatic carbocycles. The molecule has 0 aliphatic heterocycles. The van der Waals surface area contributed by atoms with Crippen LogP contribution in [0.3, 0.4) is 0 Å². The van der Waals surface area contributed by atoms with Crippen molar-refractivity contribution >= 4 is 16.7 Å². The van der Waals surface area contributed by atoms with Gasteiger partial charge in [-0.25, -0.2) is 4.79 Å². The lowest BCUT2D eigenvalue weighted by atomic mass is 10.0. The average Bonchev–Trinajstić information content (AvgIpc) is 2.62. The molecule has 2 rings (SSSR count). The van der Waals surface area contributed by atoms with Gasteiger partial charge in [-0.3, -0.25) is 0 Å². The van der Waals surface area contributed by atoms with Crippen molar-refractivity contribution in [2.75, 3.05) is 7.11 Å². The van der Waals surface area contributed by atoms with Crippen molar-refractivity contribution < 1.29 is 9.53 Å². The number of esters is 1. The number of hydrogen-bond acceptors (Lipinski definition) is 2. The Bertz CT molecular complexity index is 645. The van der Waals surface area contributed by atoms with E-state index in [0.717, 1.165) is 11.8 Å². The van der Waals surface area contributed by atoms with E-state index in [9.17, 15) is 4.79 Å². The fourth-order valence-corrected chi connectivity index (χ4v) is 3.16. The van der Waals surface area contributed by atoms with Crippen molar-refractivity contribution in [2.45, 2.75) is 64.7 Å². The van der Waals surface area contributed by atoms with E-state index >= 15 is 0 Å². The Kier molecular flexibility index (Phi) is 7.81. The predicted molar refractivity (Wildman–Crippen MR) is 102 cm³/mol. The SMILES string of the molecule is CCCCCCCCCCc1ccc2cc(C(=O)OC)ccc2c1. The first-order valence-corrected chi connectivity index (χ1v) is 9.35. The normalized spacial score (nSPS) is 10.9. The molecule has 24 heavy (non-hydrogen) atoms. The van der Waals surface area contributed by atoms with Crippen molar-refractivity contribution in [3.63, 3.8) is 0 Å². The Hall–Kier alpha value is -1.83. The van der Waals surface area contributed by atoms with Gasteiger partial charge in [0.15, 0.2) is 0 Å². The topological polar surface area (TPSA) is 26.3 Å². The van der Waals surface area contributed by atoms with E-state index in [1.807, 2.05) is 18.2 Å². The molecule has 0 aromatic heterocycles. The molecular formula is C22H30O2. The molecule has 0 unspecified atom stereocenters. The molecule has 0 amide bonds. The van der Waals surface area contributed by atoms with Crippen molar-refractivity contribution in [2.24, 2.45) is 0 Å². The van der Waals surface area contributed by atoms with E-state index in [4.69, 9.17) is 4.74 Å². The Labute approximate surface area is 146 Å². The summed E-state index contributed by atoms with van der Waals surface area (Å²) in [5, 5.41) is 2.29. The molecule has 0 saturated heterocycles. The van der Waals surface area contributed by atoms with Gasteiger partial charge in [-0.1, -0.05) is 76.1 Å². The monoisotopic (exact) mass is 326 g/mol. The molecule has 0 heterocycles. The zero-order valence-corrected chi connectivity index (χ0v) is 15.1. The number of carbonyl (C=O) groups excluding carboxylic acids is 1. The minimum atomic E-state index is -0.278. The van der Waals surface area contributed by atoms with Gasteiger partial charge in [0.05, 0.1) is 12.7 Å². The molecule has 0 spiro atoms. The minimum absolute atomic E-state index is 0.278. The van der Waals surface area contributed by atoms with Crippen LogP contribution in [0.1, 0.15) is 74.2 Å². The quantitative estimate of drug-likeness (QED) is 0.378. The smallest absolute Gasteiger partial charge is 0.337 e. The van der Waals surface area contributed by atoms with Crippen molar-refractivity contribution in [3.05, 3.63) is 47.5 Å². The van der Waals surface area contributed by atoms with Gasteiger partial charge in [0.25, 0.3) is 0 Å². The number of rotatable bonds is 10. The maximum atomic E-state index is 11.6. The van der Waals surface area contributed by atoms with E-state index in [1.54, 1.807) is 0 Å². The first kappa shape index (κ1) is 18.5. The Morgan fingerprint density at radius 1 is 0.833 bits per heavy atom. The van der Waals surface area contributed by atoms with E-state index in [-0.39, 0.29) is 5.97 Å². The number of fused-ring (bicyclic) bond motifs is 1. The Morgan fingerprint density at radius 2 is 1.46 bits per heavy atom. The number of benzene rings is 2. The summed E-state index contributed by atoms with van der Waals surface area (Å²) in [6.45, 7) is 2.26. The van der Waals surface area contributed by atoms with Gasteiger partial charge in [-0.05, 0) is 41.3 Å².